The number of allylic oxidation sites excluding steroid dienone is 2. The van der Waals surface area contributed by atoms with E-state index in [2.05, 4.69) is 23.6 Å². The predicted molar refractivity (Wildman–Crippen MR) is 180 cm³/mol. The first-order valence-corrected chi connectivity index (χ1v) is 18.1. The number of ether oxygens (including phenoxy) is 4. The van der Waals surface area contributed by atoms with Crippen LogP contribution in [-0.2, 0) is 49.9 Å². The Labute approximate surface area is 288 Å². The van der Waals surface area contributed by atoms with Crippen molar-refractivity contribution in [2.75, 3.05) is 6.61 Å². The number of benzene rings is 1. The molecule has 1 aromatic carbocycles. The standard InChI is InChI=1S/C35H49N3O10S/c1-21(6-13-30-22(2)16-29(24(4)47-30)38-32(40)15-8-23(3)46-25(5)39)7-14-31-34(42)35(20-45-35)18-27(48-31)17-33(41)37-19-26-9-11-28(12-10-26)49(36,43)44/h6-12,14-15,22-24,27,29-31,34,42H,13,16-20H2,1-5H3,(H,37,41)(H,38,40)(H2,36,43,44)/b14-7+,15-8?,21-6+/t22-,23?,24+,27+,29+,30-,31+,34+,35+/m0/s1. The van der Waals surface area contributed by atoms with Gasteiger partial charge in [0, 0.05) is 26.0 Å². The van der Waals surface area contributed by atoms with Crippen LogP contribution in [0.2, 0.25) is 0 Å². The minimum absolute atomic E-state index is 0.00218. The Morgan fingerprint density at radius 3 is 2.47 bits per heavy atom. The topological polar surface area (TPSA) is 196 Å². The fourth-order valence-electron chi connectivity index (χ4n) is 6.16. The molecule has 3 aliphatic rings. The lowest BCUT2D eigenvalue weighted by Gasteiger charge is -2.39. The molecule has 49 heavy (non-hydrogen) atoms. The lowest BCUT2D eigenvalue weighted by Crippen LogP contribution is -2.50. The third-order valence-electron chi connectivity index (χ3n) is 9.08. The minimum Gasteiger partial charge on any atom is -0.459 e. The van der Waals surface area contributed by atoms with Crippen LogP contribution < -0.4 is 15.8 Å². The summed E-state index contributed by atoms with van der Waals surface area (Å²) < 4.78 is 46.0. The van der Waals surface area contributed by atoms with E-state index in [1.807, 2.05) is 19.9 Å². The number of sulfonamides is 1. The molecule has 3 fully saturated rings. The van der Waals surface area contributed by atoms with Crippen molar-refractivity contribution in [1.29, 1.82) is 0 Å². The molecule has 14 heteroatoms. The van der Waals surface area contributed by atoms with Gasteiger partial charge >= 0.3 is 5.97 Å². The minimum atomic E-state index is -3.79. The quantitative estimate of drug-likeness (QED) is 0.102. The van der Waals surface area contributed by atoms with Crippen LogP contribution in [0.5, 0.6) is 0 Å². The van der Waals surface area contributed by atoms with Crippen LogP contribution >= 0.6 is 0 Å². The van der Waals surface area contributed by atoms with Crippen LogP contribution in [-0.4, -0.2) is 86.2 Å². The molecular formula is C35H49N3O10S. The highest BCUT2D eigenvalue weighted by molar-refractivity contribution is 7.89. The summed E-state index contributed by atoms with van der Waals surface area (Å²) in [5.74, 6) is -0.738. The van der Waals surface area contributed by atoms with Crippen molar-refractivity contribution in [3.05, 3.63) is 65.8 Å². The first kappa shape index (κ1) is 38.4. The summed E-state index contributed by atoms with van der Waals surface area (Å²) in [6.07, 6.45) is 7.82. The molecule has 0 aromatic heterocycles. The van der Waals surface area contributed by atoms with Gasteiger partial charge in [0.2, 0.25) is 21.8 Å². The number of primary sulfonamides is 1. The molecule has 0 bridgehead atoms. The smallest absolute Gasteiger partial charge is 0.303 e. The number of carbonyl (C=O) groups excluding carboxylic acids is 3. The molecule has 1 unspecified atom stereocenters. The number of amides is 2. The van der Waals surface area contributed by atoms with Gasteiger partial charge in [-0.3, -0.25) is 14.4 Å². The van der Waals surface area contributed by atoms with Gasteiger partial charge in [0.05, 0.1) is 42.3 Å². The third-order valence-corrected chi connectivity index (χ3v) is 10.0. The average Bonchev–Trinajstić information content (AvgIpc) is 3.80. The van der Waals surface area contributed by atoms with Gasteiger partial charge in [0.25, 0.3) is 0 Å². The first-order valence-electron chi connectivity index (χ1n) is 16.6. The van der Waals surface area contributed by atoms with Gasteiger partial charge in [0.1, 0.15) is 23.9 Å². The zero-order valence-electron chi connectivity index (χ0n) is 28.7. The molecule has 2 amide bonds. The summed E-state index contributed by atoms with van der Waals surface area (Å²) in [5.41, 5.74) is 0.945. The van der Waals surface area contributed by atoms with Crippen molar-refractivity contribution < 1.29 is 46.9 Å². The molecule has 13 nitrogen and oxygen atoms in total. The summed E-state index contributed by atoms with van der Waals surface area (Å²) in [7, 11) is -3.79. The summed E-state index contributed by atoms with van der Waals surface area (Å²) in [5, 5.41) is 21.9. The number of nitrogens with two attached hydrogens (primary N) is 1. The molecule has 3 heterocycles. The fraction of sp³-hybridized carbons (Fsp3) is 0.571. The molecule has 4 rings (SSSR count). The Balaban J connectivity index is 1.25. The van der Waals surface area contributed by atoms with Crippen LogP contribution in [0.3, 0.4) is 0 Å². The molecule has 3 saturated heterocycles. The average molecular weight is 704 g/mol. The Morgan fingerprint density at radius 1 is 1.14 bits per heavy atom. The number of nitrogens with one attached hydrogen (secondary N) is 2. The fourth-order valence-corrected chi connectivity index (χ4v) is 6.68. The van der Waals surface area contributed by atoms with E-state index in [1.165, 1.54) is 31.2 Å². The van der Waals surface area contributed by atoms with E-state index in [-0.39, 0.29) is 53.8 Å². The maximum Gasteiger partial charge on any atom is 0.303 e. The second-order valence-electron chi connectivity index (χ2n) is 13.3. The maximum atomic E-state index is 12.8. The Morgan fingerprint density at radius 2 is 1.84 bits per heavy atom. The van der Waals surface area contributed by atoms with Crippen molar-refractivity contribution >= 4 is 27.8 Å². The van der Waals surface area contributed by atoms with Crippen LogP contribution in [0.1, 0.15) is 65.9 Å². The molecule has 270 valence electrons. The molecule has 1 aromatic rings. The van der Waals surface area contributed by atoms with Crippen LogP contribution in [0.4, 0.5) is 0 Å². The number of hydrogen-bond acceptors (Lipinski definition) is 10. The van der Waals surface area contributed by atoms with Crippen molar-refractivity contribution in [3.8, 4) is 0 Å². The van der Waals surface area contributed by atoms with Crippen molar-refractivity contribution in [2.45, 2.75) is 120 Å². The van der Waals surface area contributed by atoms with Crippen molar-refractivity contribution in [1.82, 2.24) is 10.6 Å². The summed E-state index contributed by atoms with van der Waals surface area (Å²) in [4.78, 5) is 36.2. The highest BCUT2D eigenvalue weighted by Crippen LogP contribution is 2.43. The number of hydrogen-bond donors (Lipinski definition) is 4. The second kappa shape index (κ2) is 16.5. The van der Waals surface area contributed by atoms with E-state index < -0.39 is 46.0 Å². The number of carbonyl (C=O) groups is 3. The molecule has 5 N–H and O–H groups in total. The normalized spacial score (nSPS) is 31.1. The second-order valence-corrected chi connectivity index (χ2v) is 14.9. The summed E-state index contributed by atoms with van der Waals surface area (Å²) in [6.45, 7) is 9.59. The van der Waals surface area contributed by atoms with E-state index in [0.717, 1.165) is 17.6 Å². The zero-order chi connectivity index (χ0) is 35.9. The van der Waals surface area contributed by atoms with Crippen LogP contribution in [0.15, 0.2) is 65.1 Å². The zero-order valence-corrected chi connectivity index (χ0v) is 29.5. The molecular weight excluding hydrogens is 654 g/mol. The number of aliphatic hydroxyl groups excluding tert-OH is 1. The van der Waals surface area contributed by atoms with Crippen LogP contribution in [0.25, 0.3) is 0 Å². The lowest BCUT2D eigenvalue weighted by atomic mass is 9.87. The largest absolute Gasteiger partial charge is 0.459 e. The summed E-state index contributed by atoms with van der Waals surface area (Å²) >= 11 is 0. The number of esters is 1. The number of epoxide rings is 1. The van der Waals surface area contributed by atoms with E-state index in [9.17, 15) is 27.9 Å². The molecule has 0 radical (unpaired) electrons. The molecule has 9 atom stereocenters. The van der Waals surface area contributed by atoms with Gasteiger partial charge in [-0.25, -0.2) is 13.6 Å². The van der Waals surface area contributed by atoms with E-state index in [0.29, 0.717) is 19.4 Å². The van der Waals surface area contributed by atoms with Crippen molar-refractivity contribution in [2.24, 2.45) is 11.1 Å². The first-order chi connectivity index (χ1) is 23.0. The highest BCUT2D eigenvalue weighted by atomic mass is 32.2. The van der Waals surface area contributed by atoms with Crippen LogP contribution in [0, 0.1) is 5.92 Å². The number of rotatable bonds is 13. The molecule has 0 saturated carbocycles. The van der Waals surface area contributed by atoms with E-state index >= 15 is 0 Å². The van der Waals surface area contributed by atoms with Gasteiger partial charge in [-0.15, -0.1) is 0 Å². The monoisotopic (exact) mass is 703 g/mol. The van der Waals surface area contributed by atoms with E-state index in [1.54, 1.807) is 25.1 Å². The van der Waals surface area contributed by atoms with Gasteiger partial charge in [0.15, 0.2) is 0 Å². The molecule has 3 aliphatic heterocycles. The SMILES string of the molecule is CC(=O)OC(C)C=CC(=O)N[C@@H]1C[C@H](C)[C@H](C/C=C(C)/C=C/[C@H]2O[C@H](CC(=O)NCc3ccc(S(N)(=O)=O)cc3)C[C@@]3(CO3)[C@@H]2O)O[C@@H]1C. The van der Waals surface area contributed by atoms with Gasteiger partial charge in [-0.2, -0.15) is 0 Å². The summed E-state index contributed by atoms with van der Waals surface area (Å²) in [6, 6.07) is 5.81. The van der Waals surface area contributed by atoms with Gasteiger partial charge in [-0.05, 0) is 63.3 Å². The lowest BCUT2D eigenvalue weighted by molar-refractivity contribution is -0.145. The highest BCUT2D eigenvalue weighted by Gasteiger charge is 2.58. The Hall–Kier alpha value is -3.40. The molecule has 1 spiro atoms. The Bertz CT molecular complexity index is 1540. The van der Waals surface area contributed by atoms with E-state index in [4.69, 9.17) is 24.1 Å². The van der Waals surface area contributed by atoms with Gasteiger partial charge in [-0.1, -0.05) is 42.9 Å². The Kier molecular flexibility index (Phi) is 13.0. The van der Waals surface area contributed by atoms with Crippen molar-refractivity contribution in [3.63, 3.8) is 0 Å². The predicted octanol–water partition coefficient (Wildman–Crippen LogP) is 2.33. The third kappa shape index (κ3) is 11.3. The maximum absolute atomic E-state index is 12.8. The number of aliphatic hydroxyl groups is 1. The molecule has 0 aliphatic carbocycles. The van der Waals surface area contributed by atoms with Gasteiger partial charge < -0.3 is 34.7 Å².